The zero-order valence-corrected chi connectivity index (χ0v) is 8.66. The molecule has 0 aromatic heterocycles. The van der Waals surface area contributed by atoms with Gasteiger partial charge in [0.25, 0.3) is 0 Å². The molecule has 1 saturated carbocycles. The van der Waals surface area contributed by atoms with Crippen LogP contribution in [0, 0.1) is 17.2 Å². The van der Waals surface area contributed by atoms with Gasteiger partial charge in [0.05, 0.1) is 0 Å². The lowest BCUT2D eigenvalue weighted by Crippen LogP contribution is -2.23. The average molecular weight is 186 g/mol. The molecule has 70 valence electrons. The largest absolute Gasteiger partial charge is 0.379 e. The number of amidine groups is 1. The Bertz CT molecular complexity index is 160. The minimum atomic E-state index is 0.279. The van der Waals surface area contributed by atoms with Crippen LogP contribution in [0.1, 0.15) is 33.1 Å². The molecule has 0 spiro atoms. The third-order valence-corrected chi connectivity index (χ3v) is 3.40. The number of hydrogen-bond donors (Lipinski definition) is 2. The summed E-state index contributed by atoms with van der Waals surface area (Å²) >= 11 is 1.54. The maximum absolute atomic E-state index is 7.20. The van der Waals surface area contributed by atoms with Crippen LogP contribution in [0.25, 0.3) is 0 Å². The Morgan fingerprint density at radius 1 is 1.25 bits per heavy atom. The summed E-state index contributed by atoms with van der Waals surface area (Å²) < 4.78 is 0. The fourth-order valence-electron chi connectivity index (χ4n) is 2.15. The van der Waals surface area contributed by atoms with Gasteiger partial charge < -0.3 is 5.73 Å². The molecule has 0 aromatic rings. The number of hydrogen-bond acceptors (Lipinski definition) is 2. The molecule has 1 aliphatic carbocycles. The van der Waals surface area contributed by atoms with Crippen LogP contribution in [0.3, 0.4) is 0 Å². The van der Waals surface area contributed by atoms with Crippen molar-refractivity contribution < 1.29 is 0 Å². The van der Waals surface area contributed by atoms with Crippen LogP contribution in [0.2, 0.25) is 0 Å². The molecule has 2 nitrogen and oxygen atoms in total. The molecule has 3 N–H and O–H groups in total. The van der Waals surface area contributed by atoms with Crippen LogP contribution in [0.5, 0.6) is 0 Å². The van der Waals surface area contributed by atoms with E-state index in [9.17, 15) is 0 Å². The zero-order valence-electron chi connectivity index (χ0n) is 7.84. The van der Waals surface area contributed by atoms with Gasteiger partial charge in [-0.3, -0.25) is 5.41 Å². The van der Waals surface area contributed by atoms with Gasteiger partial charge in [0, 0.05) is 5.25 Å². The molecule has 2 atom stereocenters. The standard InChI is InChI=1S/C9H18N2S/c1-6-3-7(2)5-8(4-6)12-9(10)11/h6-8H,3-5H2,1-2H3,(H3,10,11). The van der Waals surface area contributed by atoms with Crippen LogP contribution in [-0.4, -0.2) is 10.4 Å². The third kappa shape index (κ3) is 3.05. The Labute approximate surface area is 78.8 Å². The molecule has 0 aliphatic heterocycles. The van der Waals surface area contributed by atoms with Crippen molar-refractivity contribution >= 4 is 16.9 Å². The lowest BCUT2D eigenvalue weighted by atomic mass is 9.83. The van der Waals surface area contributed by atoms with Crippen molar-refractivity contribution in [2.75, 3.05) is 0 Å². The fourth-order valence-corrected chi connectivity index (χ4v) is 3.36. The van der Waals surface area contributed by atoms with E-state index in [1.165, 1.54) is 19.3 Å². The first-order valence-corrected chi connectivity index (χ1v) is 5.46. The first-order valence-electron chi connectivity index (χ1n) is 4.58. The predicted molar refractivity (Wildman–Crippen MR) is 55.5 cm³/mol. The second-order valence-corrected chi connectivity index (χ2v) is 5.36. The van der Waals surface area contributed by atoms with Gasteiger partial charge >= 0.3 is 0 Å². The van der Waals surface area contributed by atoms with Gasteiger partial charge in [-0.1, -0.05) is 25.6 Å². The lowest BCUT2D eigenvalue weighted by molar-refractivity contribution is 0.309. The van der Waals surface area contributed by atoms with E-state index in [2.05, 4.69) is 13.8 Å². The number of nitrogens with one attached hydrogen (secondary N) is 1. The average Bonchev–Trinajstić information content (AvgIpc) is 1.81. The summed E-state index contributed by atoms with van der Waals surface area (Å²) in [4.78, 5) is 0. The van der Waals surface area contributed by atoms with Crippen molar-refractivity contribution in [1.29, 1.82) is 5.41 Å². The number of thioether (sulfide) groups is 1. The van der Waals surface area contributed by atoms with Crippen molar-refractivity contribution in [2.45, 2.75) is 38.4 Å². The van der Waals surface area contributed by atoms with Gasteiger partial charge in [0.1, 0.15) is 0 Å². The van der Waals surface area contributed by atoms with E-state index in [-0.39, 0.29) is 5.17 Å². The minimum Gasteiger partial charge on any atom is -0.379 e. The quantitative estimate of drug-likeness (QED) is 0.488. The Balaban J connectivity index is 2.38. The van der Waals surface area contributed by atoms with Crippen LogP contribution in [-0.2, 0) is 0 Å². The van der Waals surface area contributed by atoms with Crippen molar-refractivity contribution in [3.63, 3.8) is 0 Å². The van der Waals surface area contributed by atoms with Gasteiger partial charge in [0.15, 0.2) is 5.17 Å². The molecule has 1 fully saturated rings. The monoisotopic (exact) mass is 186 g/mol. The Hall–Kier alpha value is -0.180. The molecule has 1 aliphatic rings. The molecule has 12 heavy (non-hydrogen) atoms. The summed E-state index contributed by atoms with van der Waals surface area (Å²) in [5, 5.41) is 8.08. The number of rotatable bonds is 1. The number of nitrogens with two attached hydrogens (primary N) is 1. The van der Waals surface area contributed by atoms with Crippen LogP contribution >= 0.6 is 11.8 Å². The van der Waals surface area contributed by atoms with Gasteiger partial charge in [-0.2, -0.15) is 0 Å². The summed E-state index contributed by atoms with van der Waals surface area (Å²) in [7, 11) is 0. The lowest BCUT2D eigenvalue weighted by Gasteiger charge is -2.30. The maximum atomic E-state index is 7.20. The molecule has 1 rings (SSSR count). The van der Waals surface area contributed by atoms with Crippen LogP contribution < -0.4 is 5.73 Å². The Kier molecular flexibility index (Phi) is 3.44. The normalized spacial score (nSPS) is 36.3. The van der Waals surface area contributed by atoms with E-state index in [4.69, 9.17) is 11.1 Å². The molecular formula is C9H18N2S. The smallest absolute Gasteiger partial charge is 0.151 e. The molecule has 0 radical (unpaired) electrons. The molecule has 0 aromatic carbocycles. The summed E-state index contributed by atoms with van der Waals surface area (Å²) in [6, 6.07) is 0. The van der Waals surface area contributed by atoms with Crippen LogP contribution in [0.15, 0.2) is 0 Å². The van der Waals surface area contributed by atoms with E-state index in [1.807, 2.05) is 0 Å². The molecule has 0 heterocycles. The highest BCUT2D eigenvalue weighted by molar-refractivity contribution is 8.14. The molecule has 0 amide bonds. The molecule has 0 bridgehead atoms. The predicted octanol–water partition coefficient (Wildman–Crippen LogP) is 2.44. The van der Waals surface area contributed by atoms with E-state index in [0.717, 1.165) is 11.8 Å². The summed E-state index contributed by atoms with van der Waals surface area (Å²) in [6.07, 6.45) is 3.80. The summed E-state index contributed by atoms with van der Waals surface area (Å²) in [6.45, 7) is 4.59. The topological polar surface area (TPSA) is 49.9 Å². The third-order valence-electron chi connectivity index (χ3n) is 2.43. The van der Waals surface area contributed by atoms with Crippen molar-refractivity contribution in [1.82, 2.24) is 0 Å². The van der Waals surface area contributed by atoms with Gasteiger partial charge in [-0.05, 0) is 31.1 Å². The highest BCUT2D eigenvalue weighted by Crippen LogP contribution is 2.34. The molecule has 3 heteroatoms. The maximum Gasteiger partial charge on any atom is 0.151 e. The molecule has 2 unspecified atom stereocenters. The SMILES string of the molecule is CC1CC(C)CC(SC(=N)N)C1. The van der Waals surface area contributed by atoms with Gasteiger partial charge in [-0.25, -0.2) is 0 Å². The minimum absolute atomic E-state index is 0.279. The second-order valence-electron chi connectivity index (χ2n) is 4.02. The Morgan fingerprint density at radius 2 is 1.75 bits per heavy atom. The van der Waals surface area contributed by atoms with E-state index in [0.29, 0.717) is 5.25 Å². The van der Waals surface area contributed by atoms with Gasteiger partial charge in [-0.15, -0.1) is 0 Å². The van der Waals surface area contributed by atoms with Crippen molar-refractivity contribution in [3.05, 3.63) is 0 Å². The first-order chi connectivity index (χ1) is 5.58. The highest BCUT2D eigenvalue weighted by atomic mass is 32.2. The van der Waals surface area contributed by atoms with Gasteiger partial charge in [0.2, 0.25) is 0 Å². The first kappa shape index (κ1) is 9.90. The Morgan fingerprint density at radius 3 is 2.17 bits per heavy atom. The summed E-state index contributed by atoms with van der Waals surface area (Å²) in [5.74, 6) is 1.62. The van der Waals surface area contributed by atoms with E-state index in [1.54, 1.807) is 11.8 Å². The van der Waals surface area contributed by atoms with Crippen LogP contribution in [0.4, 0.5) is 0 Å². The summed E-state index contributed by atoms with van der Waals surface area (Å²) in [5.41, 5.74) is 5.36. The molecule has 0 saturated heterocycles. The fraction of sp³-hybridized carbons (Fsp3) is 0.889. The molecular weight excluding hydrogens is 168 g/mol. The van der Waals surface area contributed by atoms with E-state index >= 15 is 0 Å². The van der Waals surface area contributed by atoms with E-state index < -0.39 is 0 Å². The van der Waals surface area contributed by atoms with Crippen molar-refractivity contribution in [2.24, 2.45) is 17.6 Å². The van der Waals surface area contributed by atoms with Crippen molar-refractivity contribution in [3.8, 4) is 0 Å². The highest BCUT2D eigenvalue weighted by Gasteiger charge is 2.24. The zero-order chi connectivity index (χ0) is 9.14. The second kappa shape index (κ2) is 4.17.